The third-order valence-electron chi connectivity index (χ3n) is 3.51. The number of nitrogens with one attached hydrogen (secondary N) is 1. The van der Waals surface area contributed by atoms with Crippen molar-refractivity contribution in [3.63, 3.8) is 0 Å². The monoisotopic (exact) mass is 283 g/mol. The van der Waals surface area contributed by atoms with E-state index < -0.39 is 6.10 Å². The van der Waals surface area contributed by atoms with Gasteiger partial charge in [-0.1, -0.05) is 67.6 Å². The zero-order chi connectivity index (χ0) is 15.1. The van der Waals surface area contributed by atoms with Crippen LogP contribution in [0.25, 0.3) is 0 Å². The molecule has 2 unspecified atom stereocenters. The Hall–Kier alpha value is -2.13. The van der Waals surface area contributed by atoms with Gasteiger partial charge in [0, 0.05) is 12.5 Å². The fourth-order valence-corrected chi connectivity index (χ4v) is 2.21. The minimum atomic E-state index is -0.566. The minimum Gasteiger partial charge on any atom is -0.388 e. The highest BCUT2D eigenvalue weighted by atomic mass is 16.3. The number of carbonyl (C=O) groups excluding carboxylic acids is 1. The molecule has 1 amide bonds. The molecule has 110 valence electrons. The van der Waals surface area contributed by atoms with E-state index in [9.17, 15) is 9.90 Å². The van der Waals surface area contributed by atoms with Crippen LogP contribution in [0.15, 0.2) is 60.7 Å². The highest BCUT2D eigenvalue weighted by molar-refractivity contribution is 5.78. The van der Waals surface area contributed by atoms with E-state index in [0.717, 1.165) is 11.1 Å². The van der Waals surface area contributed by atoms with Crippen molar-refractivity contribution >= 4 is 5.91 Å². The molecule has 3 nitrogen and oxygen atoms in total. The first-order valence-corrected chi connectivity index (χ1v) is 7.20. The largest absolute Gasteiger partial charge is 0.388 e. The summed E-state index contributed by atoms with van der Waals surface area (Å²) in [5.74, 6) is -0.0552. The Kier molecular flexibility index (Phi) is 5.52. The van der Waals surface area contributed by atoms with Crippen molar-refractivity contribution in [3.8, 4) is 0 Å². The molecular formula is C18H21NO2. The van der Waals surface area contributed by atoms with Gasteiger partial charge in [0.2, 0.25) is 5.91 Å². The lowest BCUT2D eigenvalue weighted by atomic mass is 9.97. The molecule has 0 heterocycles. The summed E-state index contributed by atoms with van der Waals surface area (Å²) in [7, 11) is 0. The van der Waals surface area contributed by atoms with E-state index in [2.05, 4.69) is 5.32 Å². The van der Waals surface area contributed by atoms with Crippen LogP contribution in [0.5, 0.6) is 0 Å². The molecule has 0 spiro atoms. The Balaban J connectivity index is 1.81. The molecule has 2 N–H and O–H groups in total. The summed E-state index contributed by atoms with van der Waals surface area (Å²) in [6.45, 7) is 2.39. The number of carbonyl (C=O) groups is 1. The van der Waals surface area contributed by atoms with Crippen LogP contribution in [0.4, 0.5) is 0 Å². The first-order chi connectivity index (χ1) is 10.2. The minimum absolute atomic E-state index is 0.0201. The topological polar surface area (TPSA) is 49.3 Å². The van der Waals surface area contributed by atoms with Crippen LogP contribution in [0, 0.1) is 5.92 Å². The van der Waals surface area contributed by atoms with E-state index >= 15 is 0 Å². The number of hydrogen-bond acceptors (Lipinski definition) is 2. The first-order valence-electron chi connectivity index (χ1n) is 7.20. The second-order valence-corrected chi connectivity index (χ2v) is 5.30. The SMILES string of the molecule is CC(CNC(=O)Cc1ccccc1)C(O)c1ccccc1. The molecule has 2 atom stereocenters. The average Bonchev–Trinajstić information content (AvgIpc) is 2.53. The molecule has 21 heavy (non-hydrogen) atoms. The standard InChI is InChI=1S/C18H21NO2/c1-14(18(21)16-10-6-3-7-11-16)13-19-17(20)12-15-8-4-2-5-9-15/h2-11,14,18,21H,12-13H2,1H3,(H,19,20). The maximum Gasteiger partial charge on any atom is 0.224 e. The van der Waals surface area contributed by atoms with Gasteiger partial charge in [-0.25, -0.2) is 0 Å². The van der Waals surface area contributed by atoms with Crippen LogP contribution < -0.4 is 5.32 Å². The van der Waals surface area contributed by atoms with E-state index in [1.165, 1.54) is 0 Å². The number of amides is 1. The highest BCUT2D eigenvalue weighted by Gasteiger charge is 2.16. The van der Waals surface area contributed by atoms with Gasteiger partial charge in [-0.2, -0.15) is 0 Å². The lowest BCUT2D eigenvalue weighted by molar-refractivity contribution is -0.120. The van der Waals surface area contributed by atoms with Gasteiger partial charge in [-0.15, -0.1) is 0 Å². The van der Waals surface area contributed by atoms with E-state index in [1.54, 1.807) is 0 Å². The summed E-state index contributed by atoms with van der Waals surface area (Å²) < 4.78 is 0. The molecule has 0 saturated carbocycles. The number of rotatable bonds is 6. The van der Waals surface area contributed by atoms with Crippen molar-refractivity contribution in [1.29, 1.82) is 0 Å². The summed E-state index contributed by atoms with van der Waals surface area (Å²) in [4.78, 5) is 11.9. The van der Waals surface area contributed by atoms with Gasteiger partial charge in [-0.3, -0.25) is 4.79 Å². The Bertz CT molecular complexity index is 554. The second kappa shape index (κ2) is 7.60. The van der Waals surface area contributed by atoms with Crippen molar-refractivity contribution in [1.82, 2.24) is 5.32 Å². The van der Waals surface area contributed by atoms with Crippen LogP contribution in [-0.4, -0.2) is 17.6 Å². The molecule has 0 aromatic heterocycles. The van der Waals surface area contributed by atoms with Crippen molar-refractivity contribution in [2.45, 2.75) is 19.4 Å². The fourth-order valence-electron chi connectivity index (χ4n) is 2.21. The van der Waals surface area contributed by atoms with Gasteiger partial charge >= 0.3 is 0 Å². The number of aliphatic hydroxyl groups is 1. The van der Waals surface area contributed by atoms with E-state index in [1.807, 2.05) is 67.6 Å². The molecule has 0 bridgehead atoms. The molecule has 2 aromatic rings. The number of hydrogen-bond donors (Lipinski definition) is 2. The smallest absolute Gasteiger partial charge is 0.224 e. The van der Waals surface area contributed by atoms with Crippen LogP contribution in [0.1, 0.15) is 24.2 Å². The first kappa shape index (κ1) is 15.3. The van der Waals surface area contributed by atoms with E-state index in [4.69, 9.17) is 0 Å². The van der Waals surface area contributed by atoms with Gasteiger partial charge in [0.05, 0.1) is 12.5 Å². The van der Waals surface area contributed by atoms with Gasteiger partial charge in [0.1, 0.15) is 0 Å². The third-order valence-corrected chi connectivity index (χ3v) is 3.51. The molecule has 0 aliphatic heterocycles. The highest BCUT2D eigenvalue weighted by Crippen LogP contribution is 2.20. The van der Waals surface area contributed by atoms with Crippen molar-refractivity contribution in [2.24, 2.45) is 5.92 Å². The Labute approximate surface area is 125 Å². The van der Waals surface area contributed by atoms with Crippen LogP contribution in [-0.2, 0) is 11.2 Å². The van der Waals surface area contributed by atoms with Gasteiger partial charge in [0.15, 0.2) is 0 Å². The maximum absolute atomic E-state index is 11.9. The molecule has 0 radical (unpaired) electrons. The van der Waals surface area contributed by atoms with Crippen LogP contribution in [0.3, 0.4) is 0 Å². The normalized spacial score (nSPS) is 13.4. The van der Waals surface area contributed by atoms with Crippen molar-refractivity contribution in [3.05, 3.63) is 71.8 Å². The summed E-state index contributed by atoms with van der Waals surface area (Å²) >= 11 is 0. The Morgan fingerprint density at radius 2 is 1.62 bits per heavy atom. The zero-order valence-corrected chi connectivity index (χ0v) is 12.2. The zero-order valence-electron chi connectivity index (χ0n) is 12.2. The third kappa shape index (κ3) is 4.72. The fraction of sp³-hybridized carbons (Fsp3) is 0.278. The van der Waals surface area contributed by atoms with Crippen molar-refractivity contribution < 1.29 is 9.90 Å². The lowest BCUT2D eigenvalue weighted by Gasteiger charge is -2.19. The predicted molar refractivity (Wildman–Crippen MR) is 83.7 cm³/mol. The second-order valence-electron chi connectivity index (χ2n) is 5.30. The quantitative estimate of drug-likeness (QED) is 0.856. The molecule has 2 aromatic carbocycles. The molecule has 0 aliphatic carbocycles. The predicted octanol–water partition coefficient (Wildman–Crippen LogP) is 2.72. The molecule has 0 fully saturated rings. The lowest BCUT2D eigenvalue weighted by Crippen LogP contribution is -2.31. The number of benzene rings is 2. The molecular weight excluding hydrogens is 262 g/mol. The maximum atomic E-state index is 11.9. The summed E-state index contributed by atoms with van der Waals surface area (Å²) in [6, 6.07) is 19.2. The summed E-state index contributed by atoms with van der Waals surface area (Å²) in [5, 5.41) is 13.1. The average molecular weight is 283 g/mol. The van der Waals surface area contributed by atoms with E-state index in [0.29, 0.717) is 13.0 Å². The molecule has 2 rings (SSSR count). The van der Waals surface area contributed by atoms with E-state index in [-0.39, 0.29) is 11.8 Å². The summed E-state index contributed by atoms with van der Waals surface area (Å²) in [5.41, 5.74) is 1.87. The molecule has 3 heteroatoms. The molecule has 0 aliphatic rings. The molecule has 0 saturated heterocycles. The van der Waals surface area contributed by atoms with Crippen molar-refractivity contribution in [2.75, 3.05) is 6.54 Å². The van der Waals surface area contributed by atoms with Crippen LogP contribution >= 0.6 is 0 Å². The summed E-state index contributed by atoms with van der Waals surface area (Å²) in [6.07, 6.45) is -0.196. The van der Waals surface area contributed by atoms with Gasteiger partial charge in [-0.05, 0) is 11.1 Å². The van der Waals surface area contributed by atoms with Crippen LogP contribution in [0.2, 0.25) is 0 Å². The van der Waals surface area contributed by atoms with Gasteiger partial charge in [0.25, 0.3) is 0 Å². The number of aliphatic hydroxyl groups excluding tert-OH is 1. The Morgan fingerprint density at radius 1 is 1.05 bits per heavy atom. The Morgan fingerprint density at radius 3 is 2.24 bits per heavy atom. The van der Waals surface area contributed by atoms with Gasteiger partial charge < -0.3 is 10.4 Å².